The number of methoxy groups -OCH3 is 1. The molecular weight excluding hydrogens is 316 g/mol. The van der Waals surface area contributed by atoms with Crippen LogP contribution in [0.15, 0.2) is 41.0 Å². The van der Waals surface area contributed by atoms with Crippen molar-refractivity contribution in [2.75, 3.05) is 12.4 Å². The largest absolute Gasteiger partial charge is 0.497 e. The van der Waals surface area contributed by atoms with Crippen molar-refractivity contribution in [3.05, 3.63) is 52.3 Å². The number of halogens is 1. The van der Waals surface area contributed by atoms with Crippen LogP contribution in [0.1, 0.15) is 18.2 Å². The lowest BCUT2D eigenvalue weighted by atomic mass is 10.1. The molecule has 0 radical (unpaired) electrons. The molecule has 0 bridgehead atoms. The maximum Gasteiger partial charge on any atom is 0.118 e. The molecule has 1 aromatic heterocycles. The summed E-state index contributed by atoms with van der Waals surface area (Å²) in [4.78, 5) is 4.39. The number of nitrogens with zero attached hydrogens (tertiary/aromatic N) is 1. The Hall–Kier alpha value is -1.55. The van der Waals surface area contributed by atoms with Crippen LogP contribution in [-0.2, 0) is 6.42 Å². The minimum absolute atomic E-state index is 0.338. The molecule has 3 nitrogen and oxygen atoms in total. The van der Waals surface area contributed by atoms with Gasteiger partial charge in [0, 0.05) is 6.04 Å². The first-order chi connectivity index (χ1) is 9.58. The number of ether oxygens (including phenoxy) is 1. The maximum absolute atomic E-state index is 5.17. The first-order valence-corrected chi connectivity index (χ1v) is 7.40. The monoisotopic (exact) mass is 334 g/mol. The Morgan fingerprint density at radius 3 is 2.50 bits per heavy atom. The first kappa shape index (κ1) is 14.9. The lowest BCUT2D eigenvalue weighted by molar-refractivity contribution is 0.414. The van der Waals surface area contributed by atoms with Gasteiger partial charge in [0.25, 0.3) is 0 Å². The highest BCUT2D eigenvalue weighted by molar-refractivity contribution is 9.10. The van der Waals surface area contributed by atoms with Gasteiger partial charge in [0.1, 0.15) is 10.4 Å². The van der Waals surface area contributed by atoms with E-state index in [4.69, 9.17) is 4.74 Å². The van der Waals surface area contributed by atoms with Crippen LogP contribution in [0.2, 0.25) is 0 Å². The van der Waals surface area contributed by atoms with Gasteiger partial charge in [-0.15, -0.1) is 0 Å². The highest BCUT2D eigenvalue weighted by atomic mass is 79.9. The minimum atomic E-state index is 0.338. The number of anilines is 1. The smallest absolute Gasteiger partial charge is 0.118 e. The number of pyridine rings is 1. The number of hydrogen-bond donors (Lipinski definition) is 1. The molecule has 1 aromatic carbocycles. The molecule has 0 amide bonds. The van der Waals surface area contributed by atoms with Crippen LogP contribution in [-0.4, -0.2) is 18.1 Å². The summed E-state index contributed by atoms with van der Waals surface area (Å²) in [6.45, 7) is 4.18. The number of rotatable bonds is 5. The summed E-state index contributed by atoms with van der Waals surface area (Å²) in [7, 11) is 1.68. The van der Waals surface area contributed by atoms with Crippen molar-refractivity contribution in [1.29, 1.82) is 0 Å². The van der Waals surface area contributed by atoms with Gasteiger partial charge >= 0.3 is 0 Å². The fraction of sp³-hybridized carbons (Fsp3) is 0.312. The standard InChI is InChI=1S/C16H19BrN2O/c1-11(10-13-4-6-14(20-3)7-5-13)18-15-8-9-16(17)19-12(15)2/h4-9,11,18H,10H2,1-3H3. The zero-order valence-electron chi connectivity index (χ0n) is 12.0. The fourth-order valence-electron chi connectivity index (χ4n) is 2.11. The highest BCUT2D eigenvalue weighted by Crippen LogP contribution is 2.18. The first-order valence-electron chi connectivity index (χ1n) is 6.61. The van der Waals surface area contributed by atoms with Crippen molar-refractivity contribution < 1.29 is 4.74 Å². The van der Waals surface area contributed by atoms with Crippen LogP contribution in [0, 0.1) is 6.92 Å². The Balaban J connectivity index is 1.99. The average Bonchev–Trinajstić information content (AvgIpc) is 2.43. The van der Waals surface area contributed by atoms with Gasteiger partial charge in [-0.05, 0) is 66.0 Å². The quantitative estimate of drug-likeness (QED) is 0.832. The second-order valence-electron chi connectivity index (χ2n) is 4.86. The Labute approximate surface area is 128 Å². The molecule has 20 heavy (non-hydrogen) atoms. The molecule has 1 atom stereocenters. The molecule has 0 aliphatic rings. The van der Waals surface area contributed by atoms with Gasteiger partial charge in [-0.1, -0.05) is 12.1 Å². The van der Waals surface area contributed by atoms with Crippen LogP contribution in [0.5, 0.6) is 5.75 Å². The van der Waals surface area contributed by atoms with Crippen molar-refractivity contribution in [3.8, 4) is 5.75 Å². The summed E-state index contributed by atoms with van der Waals surface area (Å²) in [5, 5.41) is 3.50. The fourth-order valence-corrected chi connectivity index (χ4v) is 2.51. The van der Waals surface area contributed by atoms with E-state index in [0.29, 0.717) is 6.04 Å². The van der Waals surface area contributed by atoms with Gasteiger partial charge in [-0.3, -0.25) is 0 Å². The maximum atomic E-state index is 5.17. The molecule has 0 fully saturated rings. The van der Waals surface area contributed by atoms with Crippen molar-refractivity contribution >= 4 is 21.6 Å². The molecule has 1 N–H and O–H groups in total. The normalized spacial score (nSPS) is 12.0. The number of nitrogens with one attached hydrogen (secondary N) is 1. The Morgan fingerprint density at radius 1 is 1.20 bits per heavy atom. The van der Waals surface area contributed by atoms with E-state index in [1.165, 1.54) is 5.56 Å². The van der Waals surface area contributed by atoms with Gasteiger partial charge < -0.3 is 10.1 Å². The zero-order chi connectivity index (χ0) is 14.5. The predicted octanol–water partition coefficient (Wildman–Crippen LogP) is 4.20. The Morgan fingerprint density at radius 2 is 1.90 bits per heavy atom. The molecular formula is C16H19BrN2O. The highest BCUT2D eigenvalue weighted by Gasteiger charge is 2.07. The van der Waals surface area contributed by atoms with E-state index in [1.54, 1.807) is 7.11 Å². The predicted molar refractivity (Wildman–Crippen MR) is 86.5 cm³/mol. The summed E-state index contributed by atoms with van der Waals surface area (Å²) in [6.07, 6.45) is 0.958. The van der Waals surface area contributed by atoms with Crippen LogP contribution in [0.4, 0.5) is 5.69 Å². The zero-order valence-corrected chi connectivity index (χ0v) is 13.6. The second kappa shape index (κ2) is 6.75. The van der Waals surface area contributed by atoms with Gasteiger partial charge in [0.2, 0.25) is 0 Å². The number of aromatic nitrogens is 1. The van der Waals surface area contributed by atoms with Gasteiger partial charge in [-0.2, -0.15) is 0 Å². The SMILES string of the molecule is COc1ccc(CC(C)Nc2ccc(Br)nc2C)cc1. The molecule has 0 saturated carbocycles. The van der Waals surface area contributed by atoms with E-state index >= 15 is 0 Å². The third-order valence-corrected chi connectivity index (χ3v) is 3.60. The van der Waals surface area contributed by atoms with Crippen LogP contribution in [0.25, 0.3) is 0 Å². The molecule has 0 spiro atoms. The van der Waals surface area contributed by atoms with E-state index in [0.717, 1.165) is 28.2 Å². The molecule has 4 heteroatoms. The lowest BCUT2D eigenvalue weighted by Gasteiger charge is -2.17. The molecule has 2 aromatic rings. The summed E-state index contributed by atoms with van der Waals surface area (Å²) >= 11 is 3.38. The number of benzene rings is 1. The van der Waals surface area contributed by atoms with Gasteiger partial charge in [-0.25, -0.2) is 4.98 Å². The lowest BCUT2D eigenvalue weighted by Crippen LogP contribution is -2.19. The molecule has 0 aliphatic heterocycles. The average molecular weight is 335 g/mol. The van der Waals surface area contributed by atoms with Crippen LogP contribution in [0.3, 0.4) is 0 Å². The molecule has 0 saturated heterocycles. The molecule has 106 valence electrons. The van der Waals surface area contributed by atoms with E-state index in [9.17, 15) is 0 Å². The van der Waals surface area contributed by atoms with E-state index in [-0.39, 0.29) is 0 Å². The third kappa shape index (κ3) is 3.97. The van der Waals surface area contributed by atoms with E-state index in [2.05, 4.69) is 51.4 Å². The topological polar surface area (TPSA) is 34.1 Å². The number of hydrogen-bond acceptors (Lipinski definition) is 3. The molecule has 1 heterocycles. The third-order valence-electron chi connectivity index (χ3n) is 3.15. The van der Waals surface area contributed by atoms with Crippen molar-refractivity contribution in [2.24, 2.45) is 0 Å². The molecule has 1 unspecified atom stereocenters. The molecule has 0 aliphatic carbocycles. The Bertz CT molecular complexity index is 569. The minimum Gasteiger partial charge on any atom is -0.497 e. The summed E-state index contributed by atoms with van der Waals surface area (Å²) < 4.78 is 6.03. The van der Waals surface area contributed by atoms with E-state index in [1.807, 2.05) is 25.1 Å². The molecule has 2 rings (SSSR count). The van der Waals surface area contributed by atoms with Gasteiger partial charge in [0.05, 0.1) is 18.5 Å². The van der Waals surface area contributed by atoms with Crippen molar-refractivity contribution in [2.45, 2.75) is 26.3 Å². The van der Waals surface area contributed by atoms with Gasteiger partial charge in [0.15, 0.2) is 0 Å². The number of aryl methyl sites for hydroxylation is 1. The summed E-state index contributed by atoms with van der Waals surface area (Å²) in [5.74, 6) is 0.891. The van der Waals surface area contributed by atoms with E-state index < -0.39 is 0 Å². The van der Waals surface area contributed by atoms with Crippen LogP contribution < -0.4 is 10.1 Å². The Kier molecular flexibility index (Phi) is 5.01. The second-order valence-corrected chi connectivity index (χ2v) is 5.68. The summed E-state index contributed by atoms with van der Waals surface area (Å²) in [6, 6.07) is 12.5. The van der Waals surface area contributed by atoms with Crippen molar-refractivity contribution in [1.82, 2.24) is 4.98 Å². The van der Waals surface area contributed by atoms with Crippen molar-refractivity contribution in [3.63, 3.8) is 0 Å². The summed E-state index contributed by atoms with van der Waals surface area (Å²) in [5.41, 5.74) is 3.36. The van der Waals surface area contributed by atoms with Crippen LogP contribution >= 0.6 is 15.9 Å².